The van der Waals surface area contributed by atoms with Gasteiger partial charge in [0, 0.05) is 13.6 Å². The number of likely N-dealkylation sites (N-methyl/N-ethyl adjacent to an activating group) is 1. The van der Waals surface area contributed by atoms with E-state index in [1.54, 1.807) is 19.2 Å². The molecule has 1 rings (SSSR count). The molecule has 0 aliphatic rings. The van der Waals surface area contributed by atoms with Gasteiger partial charge in [0.25, 0.3) is 0 Å². The maximum absolute atomic E-state index is 12.2. The predicted molar refractivity (Wildman–Crippen MR) is 74.7 cm³/mol. The van der Waals surface area contributed by atoms with E-state index >= 15 is 0 Å². The first-order chi connectivity index (χ1) is 10.1. The van der Waals surface area contributed by atoms with E-state index in [-0.39, 0.29) is 6.54 Å². The fourth-order valence-electron chi connectivity index (χ4n) is 1.81. The highest BCUT2D eigenvalue weighted by Crippen LogP contribution is 2.20. The Morgan fingerprint density at radius 2 is 2.09 bits per heavy atom. The number of halogens is 3. The molecule has 0 radical (unpaired) electrons. The molecule has 0 unspecified atom stereocenters. The number of carbonyl (C=O) groups is 1. The van der Waals surface area contributed by atoms with Crippen molar-refractivity contribution in [2.24, 2.45) is 0 Å². The molecule has 22 heavy (non-hydrogen) atoms. The van der Waals surface area contributed by atoms with Gasteiger partial charge in [0.15, 0.2) is 6.10 Å². The molecule has 5 nitrogen and oxygen atoms in total. The van der Waals surface area contributed by atoms with Crippen LogP contribution in [0, 0.1) is 6.92 Å². The molecule has 124 valence electrons. The maximum atomic E-state index is 12.2. The van der Waals surface area contributed by atoms with E-state index in [9.17, 15) is 18.0 Å². The number of nitrogens with one attached hydrogen (secondary N) is 1. The number of aliphatic hydroxyl groups is 1. The summed E-state index contributed by atoms with van der Waals surface area (Å²) in [5.41, 5.74) is 1.67. The Bertz CT molecular complexity index is 521. The summed E-state index contributed by atoms with van der Waals surface area (Å²) in [4.78, 5) is 12.5. The molecule has 0 aromatic heterocycles. The second kappa shape index (κ2) is 7.35. The van der Waals surface area contributed by atoms with Crippen LogP contribution in [-0.2, 0) is 6.54 Å². The molecule has 1 aromatic carbocycles. The zero-order valence-corrected chi connectivity index (χ0v) is 12.6. The van der Waals surface area contributed by atoms with Crippen LogP contribution >= 0.6 is 0 Å². The van der Waals surface area contributed by atoms with Gasteiger partial charge in [-0.05, 0) is 24.1 Å². The van der Waals surface area contributed by atoms with Crippen LogP contribution in [0.4, 0.5) is 18.0 Å². The fraction of sp³-hybridized carbons (Fsp3) is 0.500. The Hall–Kier alpha value is -1.96. The highest BCUT2D eigenvalue weighted by atomic mass is 19.4. The zero-order valence-electron chi connectivity index (χ0n) is 12.6. The number of aliphatic hydroxyl groups excluding tert-OH is 1. The lowest BCUT2D eigenvalue weighted by atomic mass is 10.1. The van der Waals surface area contributed by atoms with Crippen LogP contribution in [0.2, 0.25) is 0 Å². The summed E-state index contributed by atoms with van der Waals surface area (Å²) in [7, 11) is 2.73. The molecule has 1 atom stereocenters. The van der Waals surface area contributed by atoms with Crippen LogP contribution in [0.25, 0.3) is 0 Å². The lowest BCUT2D eigenvalue weighted by Crippen LogP contribution is -2.45. The van der Waals surface area contributed by atoms with E-state index in [1.807, 2.05) is 13.0 Å². The minimum absolute atomic E-state index is 0.163. The summed E-state index contributed by atoms with van der Waals surface area (Å²) < 4.78 is 41.8. The predicted octanol–water partition coefficient (Wildman–Crippen LogP) is 2.07. The fourth-order valence-corrected chi connectivity index (χ4v) is 1.81. The van der Waals surface area contributed by atoms with Crippen LogP contribution in [-0.4, -0.2) is 49.0 Å². The van der Waals surface area contributed by atoms with Crippen molar-refractivity contribution in [3.63, 3.8) is 0 Å². The number of hydrogen-bond donors (Lipinski definition) is 2. The lowest BCUT2D eigenvalue weighted by molar-refractivity contribution is -0.205. The molecular weight excluding hydrogens is 301 g/mol. The number of benzene rings is 1. The first kappa shape index (κ1) is 18.1. The van der Waals surface area contributed by atoms with Crippen molar-refractivity contribution >= 4 is 6.03 Å². The van der Waals surface area contributed by atoms with Crippen molar-refractivity contribution in [3.05, 3.63) is 29.3 Å². The van der Waals surface area contributed by atoms with Crippen molar-refractivity contribution < 1.29 is 27.8 Å². The van der Waals surface area contributed by atoms with Crippen molar-refractivity contribution in [2.75, 3.05) is 20.7 Å². The molecule has 2 amide bonds. The molecule has 0 aliphatic carbocycles. The Kier molecular flexibility index (Phi) is 6.04. The number of aryl methyl sites for hydroxylation is 1. The second-order valence-electron chi connectivity index (χ2n) is 4.90. The van der Waals surface area contributed by atoms with Crippen molar-refractivity contribution in [1.82, 2.24) is 10.2 Å². The van der Waals surface area contributed by atoms with Crippen molar-refractivity contribution in [1.29, 1.82) is 0 Å². The number of amides is 2. The van der Waals surface area contributed by atoms with E-state index in [2.05, 4.69) is 5.32 Å². The number of hydrogen-bond acceptors (Lipinski definition) is 3. The van der Waals surface area contributed by atoms with Gasteiger partial charge in [0.1, 0.15) is 5.75 Å². The number of urea groups is 1. The number of alkyl halides is 3. The number of nitrogens with zero attached hydrogens (tertiary/aromatic N) is 1. The summed E-state index contributed by atoms with van der Waals surface area (Å²) in [6.07, 6.45) is -7.31. The molecule has 0 spiro atoms. The normalized spacial score (nSPS) is 12.7. The third kappa shape index (κ3) is 5.10. The van der Waals surface area contributed by atoms with Gasteiger partial charge in [-0.3, -0.25) is 0 Å². The standard InChI is InChI=1S/C14H19F3N2O3/c1-9-6-10(4-5-11(9)22-3)7-18-13(21)19(2)8-12(20)14(15,16)17/h4-6,12,20H,7-8H2,1-3H3,(H,18,21)/t12-/m0/s1. The quantitative estimate of drug-likeness (QED) is 0.873. The molecule has 0 saturated heterocycles. The molecule has 8 heteroatoms. The largest absolute Gasteiger partial charge is 0.496 e. The van der Waals surface area contributed by atoms with Crippen LogP contribution in [0.3, 0.4) is 0 Å². The molecule has 0 bridgehead atoms. The Balaban J connectivity index is 2.53. The van der Waals surface area contributed by atoms with Gasteiger partial charge >= 0.3 is 12.2 Å². The third-order valence-corrected chi connectivity index (χ3v) is 3.07. The van der Waals surface area contributed by atoms with E-state index < -0.39 is 24.9 Å². The summed E-state index contributed by atoms with van der Waals surface area (Å²) in [5.74, 6) is 0.709. The van der Waals surface area contributed by atoms with E-state index in [4.69, 9.17) is 9.84 Å². The molecule has 0 saturated carbocycles. The molecule has 0 heterocycles. The highest BCUT2D eigenvalue weighted by Gasteiger charge is 2.39. The number of ether oxygens (including phenoxy) is 1. The Morgan fingerprint density at radius 3 is 2.59 bits per heavy atom. The first-order valence-electron chi connectivity index (χ1n) is 6.52. The number of rotatable bonds is 5. The molecular formula is C14H19F3N2O3. The minimum Gasteiger partial charge on any atom is -0.496 e. The van der Waals surface area contributed by atoms with E-state index in [0.29, 0.717) is 5.75 Å². The summed E-state index contributed by atoms with van der Waals surface area (Å²) in [5, 5.41) is 11.4. The minimum atomic E-state index is -4.75. The van der Waals surface area contributed by atoms with E-state index in [0.717, 1.165) is 16.0 Å². The van der Waals surface area contributed by atoms with E-state index in [1.165, 1.54) is 7.05 Å². The van der Waals surface area contributed by atoms with Gasteiger partial charge in [-0.25, -0.2) is 4.79 Å². The number of carbonyl (C=O) groups excluding carboxylic acids is 1. The second-order valence-corrected chi connectivity index (χ2v) is 4.90. The van der Waals surface area contributed by atoms with Gasteiger partial charge in [0.05, 0.1) is 13.7 Å². The molecule has 0 fully saturated rings. The SMILES string of the molecule is COc1ccc(CNC(=O)N(C)C[C@H](O)C(F)(F)F)cc1C. The van der Waals surface area contributed by atoms with Gasteiger partial charge in [-0.2, -0.15) is 13.2 Å². The van der Waals surface area contributed by atoms with Crippen LogP contribution in [0.5, 0.6) is 5.75 Å². The average Bonchev–Trinajstić information content (AvgIpc) is 2.43. The Labute approximate surface area is 126 Å². The van der Waals surface area contributed by atoms with Crippen molar-refractivity contribution in [2.45, 2.75) is 25.7 Å². The highest BCUT2D eigenvalue weighted by molar-refractivity contribution is 5.73. The van der Waals surface area contributed by atoms with Gasteiger partial charge in [0.2, 0.25) is 0 Å². The lowest BCUT2D eigenvalue weighted by Gasteiger charge is -2.22. The maximum Gasteiger partial charge on any atom is 0.416 e. The first-order valence-corrected chi connectivity index (χ1v) is 6.52. The zero-order chi connectivity index (χ0) is 16.9. The Morgan fingerprint density at radius 1 is 1.45 bits per heavy atom. The topological polar surface area (TPSA) is 61.8 Å². The van der Waals surface area contributed by atoms with Gasteiger partial charge in [-0.1, -0.05) is 12.1 Å². The van der Waals surface area contributed by atoms with Gasteiger partial charge in [-0.15, -0.1) is 0 Å². The summed E-state index contributed by atoms with van der Waals surface area (Å²) in [6.45, 7) is 1.18. The molecule has 0 aliphatic heterocycles. The van der Waals surface area contributed by atoms with Crippen LogP contribution in [0.1, 0.15) is 11.1 Å². The number of methoxy groups -OCH3 is 1. The summed E-state index contributed by atoms with van der Waals surface area (Å²) in [6, 6.07) is 4.60. The molecule has 1 aromatic rings. The monoisotopic (exact) mass is 320 g/mol. The molecule has 2 N–H and O–H groups in total. The van der Waals surface area contributed by atoms with Gasteiger partial charge < -0.3 is 20.1 Å². The average molecular weight is 320 g/mol. The smallest absolute Gasteiger partial charge is 0.416 e. The van der Waals surface area contributed by atoms with Crippen LogP contribution < -0.4 is 10.1 Å². The van der Waals surface area contributed by atoms with Crippen LogP contribution in [0.15, 0.2) is 18.2 Å². The summed E-state index contributed by atoms with van der Waals surface area (Å²) >= 11 is 0. The third-order valence-electron chi connectivity index (χ3n) is 3.07. The van der Waals surface area contributed by atoms with Crippen molar-refractivity contribution in [3.8, 4) is 5.75 Å².